The number of aryl methyl sites for hydroxylation is 1. The van der Waals surface area contributed by atoms with E-state index in [1.165, 1.54) is 0 Å². The summed E-state index contributed by atoms with van der Waals surface area (Å²) < 4.78 is 5.05. The summed E-state index contributed by atoms with van der Waals surface area (Å²) in [7, 11) is 0. The first kappa shape index (κ1) is 9.02. The molecule has 1 aliphatic rings. The lowest BCUT2D eigenvalue weighted by atomic mass is 10.1. The van der Waals surface area contributed by atoms with Gasteiger partial charge in [0.05, 0.1) is 0 Å². The average molecular weight is 193 g/mol. The Balaban J connectivity index is 2.17. The Morgan fingerprint density at radius 3 is 3.07 bits per heavy atom. The van der Waals surface area contributed by atoms with Gasteiger partial charge in [0.25, 0.3) is 0 Å². The quantitative estimate of drug-likeness (QED) is 0.738. The Kier molecular flexibility index (Phi) is 2.37. The molecule has 0 spiro atoms. The molecule has 4 heteroatoms. The van der Waals surface area contributed by atoms with Crippen molar-refractivity contribution in [1.29, 1.82) is 0 Å². The van der Waals surface area contributed by atoms with Crippen LogP contribution in [0.4, 0.5) is 4.79 Å². The van der Waals surface area contributed by atoms with Gasteiger partial charge in [-0.05, 0) is 12.5 Å². The van der Waals surface area contributed by atoms with Crippen molar-refractivity contribution in [2.24, 2.45) is 0 Å². The second-order valence-electron chi connectivity index (χ2n) is 3.22. The number of benzene rings is 1. The smallest absolute Gasteiger partial charge is 0.432 e. The fraction of sp³-hybridized carbons (Fsp3) is 0.300. The number of carbonyl (C=O) groups is 1. The second-order valence-corrected chi connectivity index (χ2v) is 3.22. The van der Waals surface area contributed by atoms with E-state index in [1.807, 2.05) is 31.2 Å². The van der Waals surface area contributed by atoms with Gasteiger partial charge in [-0.3, -0.25) is 4.84 Å². The number of hydrogen-bond acceptors (Lipinski definition) is 3. The van der Waals surface area contributed by atoms with Crippen LogP contribution in [0.15, 0.2) is 24.3 Å². The van der Waals surface area contributed by atoms with Gasteiger partial charge in [0.2, 0.25) is 0 Å². The molecule has 14 heavy (non-hydrogen) atoms. The van der Waals surface area contributed by atoms with E-state index in [2.05, 4.69) is 5.48 Å². The summed E-state index contributed by atoms with van der Waals surface area (Å²) in [5.41, 5.74) is 4.23. The zero-order valence-corrected chi connectivity index (χ0v) is 7.82. The summed E-state index contributed by atoms with van der Waals surface area (Å²) in [6, 6.07) is 7.82. The molecule has 1 unspecified atom stereocenters. The summed E-state index contributed by atoms with van der Waals surface area (Å²) in [5, 5.41) is 0. The van der Waals surface area contributed by atoms with E-state index in [0.717, 1.165) is 11.1 Å². The molecule has 1 atom stereocenters. The molecule has 1 heterocycles. The van der Waals surface area contributed by atoms with Gasteiger partial charge in [-0.15, -0.1) is 0 Å². The predicted octanol–water partition coefficient (Wildman–Crippen LogP) is 1.71. The summed E-state index contributed by atoms with van der Waals surface area (Å²) >= 11 is 0. The molecule has 1 amide bonds. The SMILES string of the molecule is Cc1cccc(C2CONC(=O)O2)c1. The van der Waals surface area contributed by atoms with E-state index in [9.17, 15) is 4.79 Å². The fourth-order valence-electron chi connectivity index (χ4n) is 1.40. The van der Waals surface area contributed by atoms with E-state index in [-0.39, 0.29) is 6.10 Å². The number of carbonyl (C=O) groups excluding carboxylic acids is 1. The topological polar surface area (TPSA) is 47.6 Å². The second kappa shape index (κ2) is 3.67. The Morgan fingerprint density at radius 1 is 1.50 bits per heavy atom. The van der Waals surface area contributed by atoms with Gasteiger partial charge < -0.3 is 4.74 Å². The molecule has 1 aromatic rings. The van der Waals surface area contributed by atoms with E-state index in [4.69, 9.17) is 9.57 Å². The van der Waals surface area contributed by atoms with Crippen molar-refractivity contribution < 1.29 is 14.4 Å². The number of amides is 1. The minimum atomic E-state index is -0.539. The highest BCUT2D eigenvalue weighted by Gasteiger charge is 2.22. The summed E-state index contributed by atoms with van der Waals surface area (Å²) in [6.45, 7) is 2.34. The van der Waals surface area contributed by atoms with Gasteiger partial charge in [0.1, 0.15) is 6.61 Å². The van der Waals surface area contributed by atoms with Crippen LogP contribution in [-0.2, 0) is 9.57 Å². The van der Waals surface area contributed by atoms with E-state index >= 15 is 0 Å². The highest BCUT2D eigenvalue weighted by Crippen LogP contribution is 2.20. The fourth-order valence-corrected chi connectivity index (χ4v) is 1.40. The van der Waals surface area contributed by atoms with Crippen LogP contribution < -0.4 is 5.48 Å². The van der Waals surface area contributed by atoms with E-state index in [1.54, 1.807) is 0 Å². The minimum Gasteiger partial charge on any atom is -0.437 e. The average Bonchev–Trinajstić information content (AvgIpc) is 2.18. The van der Waals surface area contributed by atoms with Crippen molar-refractivity contribution in [2.45, 2.75) is 13.0 Å². The van der Waals surface area contributed by atoms with Crippen LogP contribution in [0.3, 0.4) is 0 Å². The van der Waals surface area contributed by atoms with Crippen molar-refractivity contribution in [3.8, 4) is 0 Å². The van der Waals surface area contributed by atoms with Crippen LogP contribution in [0.5, 0.6) is 0 Å². The van der Waals surface area contributed by atoms with Crippen molar-refractivity contribution >= 4 is 6.09 Å². The summed E-state index contributed by atoms with van der Waals surface area (Å²) in [4.78, 5) is 15.7. The van der Waals surface area contributed by atoms with Gasteiger partial charge in [-0.1, -0.05) is 29.8 Å². The molecule has 74 valence electrons. The molecule has 1 saturated heterocycles. The lowest BCUT2D eigenvalue weighted by Gasteiger charge is -2.23. The number of rotatable bonds is 1. The maximum atomic E-state index is 10.9. The third kappa shape index (κ3) is 1.85. The number of hydrogen-bond donors (Lipinski definition) is 1. The number of nitrogens with one attached hydrogen (secondary N) is 1. The number of cyclic esters (lactones) is 1. The molecule has 1 aromatic carbocycles. The lowest BCUT2D eigenvalue weighted by Crippen LogP contribution is -2.35. The lowest BCUT2D eigenvalue weighted by molar-refractivity contribution is -0.0744. The van der Waals surface area contributed by atoms with Crippen molar-refractivity contribution in [3.05, 3.63) is 35.4 Å². The zero-order valence-electron chi connectivity index (χ0n) is 7.82. The van der Waals surface area contributed by atoms with Crippen LogP contribution in [0.2, 0.25) is 0 Å². The molecule has 0 aliphatic carbocycles. The van der Waals surface area contributed by atoms with Gasteiger partial charge in [-0.25, -0.2) is 4.79 Å². The normalized spacial score (nSPS) is 21.2. The van der Waals surface area contributed by atoms with Gasteiger partial charge >= 0.3 is 6.09 Å². The molecule has 0 saturated carbocycles. The van der Waals surface area contributed by atoms with Gasteiger partial charge in [0.15, 0.2) is 6.10 Å². The Labute approximate surface area is 81.8 Å². The van der Waals surface area contributed by atoms with E-state index in [0.29, 0.717) is 6.61 Å². The molecule has 0 bridgehead atoms. The molecule has 1 fully saturated rings. The Hall–Kier alpha value is -1.55. The van der Waals surface area contributed by atoms with Crippen LogP contribution in [-0.4, -0.2) is 12.7 Å². The monoisotopic (exact) mass is 193 g/mol. The highest BCUT2D eigenvalue weighted by molar-refractivity contribution is 5.66. The van der Waals surface area contributed by atoms with Crippen LogP contribution in [0.25, 0.3) is 0 Å². The standard InChI is InChI=1S/C10H11NO3/c1-7-3-2-4-8(5-7)9-6-13-11-10(12)14-9/h2-5,9H,6H2,1H3,(H,11,12). The predicted molar refractivity (Wildman–Crippen MR) is 49.5 cm³/mol. The van der Waals surface area contributed by atoms with Gasteiger partial charge in [-0.2, -0.15) is 5.48 Å². The van der Waals surface area contributed by atoms with Crippen molar-refractivity contribution in [1.82, 2.24) is 5.48 Å². The maximum absolute atomic E-state index is 10.9. The minimum absolute atomic E-state index is 0.302. The first-order valence-electron chi connectivity index (χ1n) is 4.41. The first-order chi connectivity index (χ1) is 6.75. The number of ether oxygens (including phenoxy) is 1. The maximum Gasteiger partial charge on any atom is 0.432 e. The van der Waals surface area contributed by atoms with Crippen LogP contribution in [0.1, 0.15) is 17.2 Å². The molecule has 4 nitrogen and oxygen atoms in total. The molecular weight excluding hydrogens is 182 g/mol. The van der Waals surface area contributed by atoms with Crippen LogP contribution in [0, 0.1) is 6.92 Å². The molecule has 2 rings (SSSR count). The Bertz CT molecular complexity index is 351. The zero-order chi connectivity index (χ0) is 9.97. The van der Waals surface area contributed by atoms with Crippen molar-refractivity contribution in [2.75, 3.05) is 6.61 Å². The summed E-state index contributed by atoms with van der Waals surface area (Å²) in [6.07, 6.45) is -0.841. The van der Waals surface area contributed by atoms with Crippen LogP contribution >= 0.6 is 0 Å². The van der Waals surface area contributed by atoms with Gasteiger partial charge in [0, 0.05) is 0 Å². The van der Waals surface area contributed by atoms with E-state index < -0.39 is 6.09 Å². The molecular formula is C10H11NO3. The molecule has 0 aromatic heterocycles. The number of hydroxylamine groups is 1. The third-order valence-corrected chi connectivity index (χ3v) is 2.05. The highest BCUT2D eigenvalue weighted by atomic mass is 16.7. The largest absolute Gasteiger partial charge is 0.437 e. The van der Waals surface area contributed by atoms with Crippen molar-refractivity contribution in [3.63, 3.8) is 0 Å². The Morgan fingerprint density at radius 2 is 2.36 bits per heavy atom. The summed E-state index contributed by atoms with van der Waals surface area (Å²) in [5.74, 6) is 0. The molecule has 0 radical (unpaired) electrons. The molecule has 1 aliphatic heterocycles. The molecule has 1 N–H and O–H groups in total. The third-order valence-electron chi connectivity index (χ3n) is 2.05. The first-order valence-corrected chi connectivity index (χ1v) is 4.41.